The quantitative estimate of drug-likeness (QED) is 0.750. The molecule has 5 rings (SSSR count). The van der Waals surface area contributed by atoms with E-state index >= 15 is 0 Å². The number of carbonyl (C=O) groups excluding carboxylic acids is 2. The van der Waals surface area contributed by atoms with Crippen LogP contribution in [0, 0.1) is 23.2 Å². The molecule has 0 aromatic heterocycles. The smallest absolute Gasteiger partial charge is 0.240 e. The molecule has 3 heterocycles. The van der Waals surface area contributed by atoms with E-state index in [0.29, 0.717) is 28.4 Å². The number of aliphatic hydroxyl groups is 2. The highest BCUT2D eigenvalue weighted by atomic mass is 16.6. The van der Waals surface area contributed by atoms with E-state index in [4.69, 9.17) is 4.74 Å². The maximum Gasteiger partial charge on any atom is 0.240 e. The maximum atomic E-state index is 13.6. The molecule has 0 radical (unpaired) electrons. The van der Waals surface area contributed by atoms with Crippen molar-refractivity contribution in [2.24, 2.45) is 11.8 Å². The molecule has 0 spiro atoms. The first kappa shape index (κ1) is 19.2. The molecule has 154 valence electrons. The number of hydrogen-bond acceptors (Lipinski definition) is 6. The Balaban J connectivity index is 1.68. The van der Waals surface area contributed by atoms with Gasteiger partial charge in [-0.1, -0.05) is 31.2 Å². The zero-order chi connectivity index (χ0) is 21.3. The SMILES string of the molecule is CCC12OC(CCO)(CC1O)C1C(=O)N(c3ccc(C#N)c4ccccc34)C(=O)C12. The minimum Gasteiger partial charge on any atom is -0.396 e. The number of nitriles is 1. The molecule has 0 saturated carbocycles. The van der Waals surface area contributed by atoms with Crippen molar-refractivity contribution in [1.82, 2.24) is 0 Å². The summed E-state index contributed by atoms with van der Waals surface area (Å²) in [6, 6.07) is 12.6. The number of hydrogen-bond donors (Lipinski definition) is 2. The Morgan fingerprint density at radius 3 is 2.53 bits per heavy atom. The molecule has 5 unspecified atom stereocenters. The second-order valence-electron chi connectivity index (χ2n) is 8.43. The van der Waals surface area contributed by atoms with E-state index < -0.39 is 29.1 Å². The van der Waals surface area contributed by atoms with E-state index in [1.807, 2.05) is 13.0 Å². The number of benzene rings is 2. The Bertz CT molecular complexity index is 1120. The van der Waals surface area contributed by atoms with Crippen LogP contribution in [0.4, 0.5) is 5.69 Å². The molecule has 7 nitrogen and oxygen atoms in total. The number of carbonyl (C=O) groups is 2. The lowest BCUT2D eigenvalue weighted by Crippen LogP contribution is -2.51. The summed E-state index contributed by atoms with van der Waals surface area (Å²) in [5.41, 5.74) is -1.26. The highest BCUT2D eigenvalue weighted by Gasteiger charge is 2.77. The van der Waals surface area contributed by atoms with Gasteiger partial charge in [0.15, 0.2) is 0 Å². The standard InChI is InChI=1S/C23H22N2O5/c1-2-23-17(27)11-22(30-23,9-10-26)18-19(23)21(29)25(20(18)28)16-8-7-13(12-24)14-5-3-4-6-15(14)16/h3-8,17-19,26-27H,2,9-11H2,1H3. The van der Waals surface area contributed by atoms with Crippen molar-refractivity contribution in [3.63, 3.8) is 0 Å². The van der Waals surface area contributed by atoms with Gasteiger partial charge in [0.2, 0.25) is 11.8 Å². The zero-order valence-corrected chi connectivity index (χ0v) is 16.5. The van der Waals surface area contributed by atoms with Gasteiger partial charge in [-0.25, -0.2) is 4.90 Å². The van der Waals surface area contributed by atoms with Crippen molar-refractivity contribution in [3.8, 4) is 6.07 Å². The highest BCUT2D eigenvalue weighted by molar-refractivity contribution is 6.26. The average Bonchev–Trinajstić information content (AvgIpc) is 3.31. The molecule has 30 heavy (non-hydrogen) atoms. The second-order valence-corrected chi connectivity index (χ2v) is 8.43. The number of rotatable bonds is 4. The fraction of sp³-hybridized carbons (Fsp3) is 0.435. The maximum absolute atomic E-state index is 13.6. The monoisotopic (exact) mass is 406 g/mol. The number of fused-ring (bicyclic) bond motifs is 6. The van der Waals surface area contributed by atoms with Gasteiger partial charge in [0.25, 0.3) is 0 Å². The molecule has 3 aliphatic rings. The Kier molecular flexibility index (Phi) is 4.06. The van der Waals surface area contributed by atoms with Gasteiger partial charge in [-0.15, -0.1) is 0 Å². The Morgan fingerprint density at radius 2 is 1.87 bits per heavy atom. The van der Waals surface area contributed by atoms with E-state index in [1.165, 1.54) is 4.90 Å². The lowest BCUT2D eigenvalue weighted by atomic mass is 9.64. The first-order valence-corrected chi connectivity index (χ1v) is 10.2. The molecule has 2 bridgehead atoms. The van der Waals surface area contributed by atoms with Crippen LogP contribution in [-0.2, 0) is 14.3 Å². The first-order chi connectivity index (χ1) is 14.4. The summed E-state index contributed by atoms with van der Waals surface area (Å²) in [6.45, 7) is 1.65. The topological polar surface area (TPSA) is 111 Å². The average molecular weight is 406 g/mol. The molecule has 5 atom stereocenters. The number of ether oxygens (including phenoxy) is 1. The van der Waals surface area contributed by atoms with Crippen LogP contribution in [0.25, 0.3) is 10.8 Å². The fourth-order valence-corrected chi connectivity index (χ4v) is 5.98. The Labute approximate surface area is 173 Å². The summed E-state index contributed by atoms with van der Waals surface area (Å²) in [6.07, 6.45) is -0.0641. The summed E-state index contributed by atoms with van der Waals surface area (Å²) >= 11 is 0. The third kappa shape index (κ3) is 2.13. The van der Waals surface area contributed by atoms with Crippen molar-refractivity contribution in [2.75, 3.05) is 11.5 Å². The van der Waals surface area contributed by atoms with Gasteiger partial charge in [0.1, 0.15) is 5.60 Å². The summed E-state index contributed by atoms with van der Waals surface area (Å²) in [7, 11) is 0. The summed E-state index contributed by atoms with van der Waals surface area (Å²) < 4.78 is 6.24. The van der Waals surface area contributed by atoms with Crippen molar-refractivity contribution in [2.45, 2.75) is 43.5 Å². The molecular formula is C23H22N2O5. The number of aliphatic hydroxyl groups excluding tert-OH is 2. The Morgan fingerprint density at radius 1 is 1.17 bits per heavy atom. The van der Waals surface area contributed by atoms with Crippen LogP contribution in [0.3, 0.4) is 0 Å². The number of imide groups is 1. The van der Waals surface area contributed by atoms with Gasteiger partial charge in [-0.3, -0.25) is 9.59 Å². The molecule has 2 aromatic carbocycles. The molecule has 3 fully saturated rings. The van der Waals surface area contributed by atoms with Crippen molar-refractivity contribution in [3.05, 3.63) is 42.0 Å². The van der Waals surface area contributed by atoms with Crippen molar-refractivity contribution >= 4 is 28.3 Å². The van der Waals surface area contributed by atoms with Crippen LogP contribution in [0.2, 0.25) is 0 Å². The van der Waals surface area contributed by atoms with E-state index in [0.717, 1.165) is 0 Å². The van der Waals surface area contributed by atoms with E-state index in [-0.39, 0.29) is 31.3 Å². The normalized spacial score (nSPS) is 34.6. The van der Waals surface area contributed by atoms with E-state index in [9.17, 15) is 25.1 Å². The largest absolute Gasteiger partial charge is 0.396 e. The van der Waals surface area contributed by atoms with E-state index in [1.54, 1.807) is 30.3 Å². The van der Waals surface area contributed by atoms with Gasteiger partial charge in [0.05, 0.1) is 40.9 Å². The van der Waals surface area contributed by atoms with Crippen molar-refractivity contribution in [1.29, 1.82) is 5.26 Å². The van der Waals surface area contributed by atoms with Gasteiger partial charge < -0.3 is 14.9 Å². The molecule has 3 aliphatic heterocycles. The second kappa shape index (κ2) is 6.35. The summed E-state index contributed by atoms with van der Waals surface area (Å²) in [4.78, 5) is 28.5. The number of amides is 2. The van der Waals surface area contributed by atoms with Gasteiger partial charge >= 0.3 is 0 Å². The van der Waals surface area contributed by atoms with E-state index in [2.05, 4.69) is 6.07 Å². The summed E-state index contributed by atoms with van der Waals surface area (Å²) in [5, 5.41) is 31.2. The minimum absolute atomic E-state index is 0.188. The van der Waals surface area contributed by atoms with Crippen LogP contribution in [-0.4, -0.2) is 45.9 Å². The fourth-order valence-electron chi connectivity index (χ4n) is 5.98. The van der Waals surface area contributed by atoms with Crippen LogP contribution < -0.4 is 4.90 Å². The molecule has 0 aliphatic carbocycles. The number of anilines is 1. The van der Waals surface area contributed by atoms with Crippen LogP contribution in [0.15, 0.2) is 36.4 Å². The first-order valence-electron chi connectivity index (χ1n) is 10.2. The van der Waals surface area contributed by atoms with Gasteiger partial charge in [-0.2, -0.15) is 5.26 Å². The molecule has 3 saturated heterocycles. The molecule has 2 N–H and O–H groups in total. The lowest BCUT2D eigenvalue weighted by molar-refractivity contribution is -0.137. The minimum atomic E-state index is -1.12. The highest BCUT2D eigenvalue weighted by Crippen LogP contribution is 2.63. The summed E-state index contributed by atoms with van der Waals surface area (Å²) in [5.74, 6) is -2.29. The predicted molar refractivity (Wildman–Crippen MR) is 107 cm³/mol. The van der Waals surface area contributed by atoms with Crippen molar-refractivity contribution < 1.29 is 24.5 Å². The number of nitrogens with zero attached hydrogens (tertiary/aromatic N) is 2. The molecule has 7 heteroatoms. The van der Waals surface area contributed by atoms with Crippen LogP contribution in [0.5, 0.6) is 0 Å². The molecule has 2 aromatic rings. The molecular weight excluding hydrogens is 384 g/mol. The van der Waals surface area contributed by atoms with Gasteiger partial charge in [-0.05, 0) is 18.6 Å². The van der Waals surface area contributed by atoms with Crippen LogP contribution in [0.1, 0.15) is 31.7 Å². The predicted octanol–water partition coefficient (Wildman–Crippen LogP) is 1.88. The van der Waals surface area contributed by atoms with Crippen LogP contribution >= 0.6 is 0 Å². The third-order valence-corrected chi connectivity index (χ3v) is 7.25. The zero-order valence-electron chi connectivity index (χ0n) is 16.5. The molecule has 2 amide bonds. The Hall–Kier alpha value is -2.79. The van der Waals surface area contributed by atoms with Gasteiger partial charge in [0, 0.05) is 30.2 Å². The third-order valence-electron chi connectivity index (χ3n) is 7.25. The lowest BCUT2D eigenvalue weighted by Gasteiger charge is -2.34.